The van der Waals surface area contributed by atoms with Crippen molar-refractivity contribution in [2.45, 2.75) is 18.9 Å². The molecule has 4 heteroatoms. The van der Waals surface area contributed by atoms with Gasteiger partial charge in [0.25, 0.3) is 0 Å². The first-order chi connectivity index (χ1) is 11.4. The summed E-state index contributed by atoms with van der Waals surface area (Å²) < 4.78 is 11.0. The third kappa shape index (κ3) is 3.06. The van der Waals surface area contributed by atoms with Crippen molar-refractivity contribution in [3.63, 3.8) is 0 Å². The summed E-state index contributed by atoms with van der Waals surface area (Å²) in [5.74, 6) is 2.40. The van der Waals surface area contributed by atoms with Gasteiger partial charge in [0.2, 0.25) is 0 Å². The van der Waals surface area contributed by atoms with Crippen LogP contribution in [-0.4, -0.2) is 5.71 Å². The fourth-order valence-corrected chi connectivity index (χ4v) is 2.78. The van der Waals surface area contributed by atoms with Gasteiger partial charge in [0.15, 0.2) is 5.76 Å². The van der Waals surface area contributed by atoms with E-state index >= 15 is 0 Å². The van der Waals surface area contributed by atoms with Gasteiger partial charge < -0.3 is 13.7 Å². The minimum Gasteiger partial charge on any atom is -0.469 e. The molecule has 0 N–H and O–H groups in total. The Morgan fingerprint density at radius 3 is 2.57 bits per heavy atom. The van der Waals surface area contributed by atoms with Crippen molar-refractivity contribution in [1.82, 2.24) is 0 Å². The molecular weight excluding hydrogens is 290 g/mol. The predicted octanol–water partition coefficient (Wildman–Crippen LogP) is 4.60. The van der Waals surface area contributed by atoms with E-state index in [9.17, 15) is 0 Å². The molecule has 0 unspecified atom stereocenters. The summed E-state index contributed by atoms with van der Waals surface area (Å²) in [7, 11) is 0. The molecule has 1 fully saturated rings. The van der Waals surface area contributed by atoms with E-state index in [1.54, 1.807) is 12.5 Å². The monoisotopic (exact) mass is 307 g/mol. The zero-order valence-corrected chi connectivity index (χ0v) is 12.6. The molecule has 116 valence electrons. The molecule has 0 bridgehead atoms. The number of hydrogen-bond donors (Lipinski definition) is 0. The maximum absolute atomic E-state index is 5.57. The standard InChI is InChI=1S/C19H17NO3/c1-2-6-14(7-3-1)13-23-20-19(18-9-5-11-22-18)16-12-15(16)17-8-4-10-21-17/h1-11,15-16H,12-13H2/b20-19+/t15-,16-/m0/s1. The minimum absolute atomic E-state index is 0.281. The zero-order valence-electron chi connectivity index (χ0n) is 12.6. The van der Waals surface area contributed by atoms with Crippen molar-refractivity contribution < 1.29 is 13.7 Å². The van der Waals surface area contributed by atoms with Crippen LogP contribution in [0.5, 0.6) is 0 Å². The second-order valence-corrected chi connectivity index (χ2v) is 5.68. The molecule has 0 saturated heterocycles. The number of benzene rings is 1. The molecule has 1 saturated carbocycles. The number of hydrogen-bond acceptors (Lipinski definition) is 4. The van der Waals surface area contributed by atoms with Crippen LogP contribution in [0, 0.1) is 5.92 Å². The summed E-state index contributed by atoms with van der Waals surface area (Å²) in [6.07, 6.45) is 4.37. The highest BCUT2D eigenvalue weighted by atomic mass is 16.6. The summed E-state index contributed by atoms with van der Waals surface area (Å²) in [5.41, 5.74) is 1.95. The van der Waals surface area contributed by atoms with Crippen LogP contribution in [0.3, 0.4) is 0 Å². The number of rotatable bonds is 6. The zero-order chi connectivity index (χ0) is 15.5. The van der Waals surface area contributed by atoms with Gasteiger partial charge in [0.05, 0.1) is 12.5 Å². The van der Waals surface area contributed by atoms with Gasteiger partial charge in [-0.1, -0.05) is 35.5 Å². The van der Waals surface area contributed by atoms with Crippen LogP contribution >= 0.6 is 0 Å². The summed E-state index contributed by atoms with van der Waals surface area (Å²) >= 11 is 0. The van der Waals surface area contributed by atoms with E-state index in [2.05, 4.69) is 5.16 Å². The van der Waals surface area contributed by atoms with E-state index in [1.165, 1.54) is 0 Å². The van der Waals surface area contributed by atoms with Crippen LogP contribution in [0.25, 0.3) is 0 Å². The Morgan fingerprint density at radius 2 is 1.83 bits per heavy atom. The summed E-state index contributed by atoms with van der Waals surface area (Å²) in [5, 5.41) is 4.36. The molecular formula is C19H17NO3. The van der Waals surface area contributed by atoms with E-state index in [4.69, 9.17) is 13.7 Å². The van der Waals surface area contributed by atoms with E-state index in [0.29, 0.717) is 12.5 Å². The van der Waals surface area contributed by atoms with Crippen LogP contribution in [0.4, 0.5) is 0 Å². The molecule has 1 aromatic carbocycles. The number of furan rings is 2. The molecule has 2 atom stereocenters. The molecule has 3 aromatic rings. The Labute approximate surface area is 134 Å². The fraction of sp³-hybridized carbons (Fsp3) is 0.211. The van der Waals surface area contributed by atoms with Gasteiger partial charge in [0, 0.05) is 11.8 Å². The van der Waals surface area contributed by atoms with Gasteiger partial charge >= 0.3 is 0 Å². The summed E-state index contributed by atoms with van der Waals surface area (Å²) in [6.45, 7) is 0.448. The van der Waals surface area contributed by atoms with Gasteiger partial charge in [-0.05, 0) is 36.2 Å². The van der Waals surface area contributed by atoms with Crippen LogP contribution in [0.2, 0.25) is 0 Å². The largest absolute Gasteiger partial charge is 0.469 e. The van der Waals surface area contributed by atoms with Crippen molar-refractivity contribution in [3.05, 3.63) is 84.2 Å². The molecule has 0 aliphatic heterocycles. The average molecular weight is 307 g/mol. The first-order valence-electron chi connectivity index (χ1n) is 7.73. The molecule has 2 heterocycles. The van der Waals surface area contributed by atoms with E-state index in [-0.39, 0.29) is 5.92 Å². The molecule has 1 aliphatic rings. The Morgan fingerprint density at radius 1 is 1.00 bits per heavy atom. The van der Waals surface area contributed by atoms with Crippen molar-refractivity contribution in [2.24, 2.45) is 11.1 Å². The molecule has 0 radical (unpaired) electrons. The quantitative estimate of drug-likeness (QED) is 0.494. The van der Waals surface area contributed by atoms with Crippen molar-refractivity contribution in [2.75, 3.05) is 0 Å². The van der Waals surface area contributed by atoms with Crippen molar-refractivity contribution in [3.8, 4) is 0 Å². The van der Waals surface area contributed by atoms with E-state index < -0.39 is 0 Å². The van der Waals surface area contributed by atoms with E-state index in [1.807, 2.05) is 54.6 Å². The Bertz CT molecular complexity index is 760. The number of oxime groups is 1. The topological polar surface area (TPSA) is 47.9 Å². The summed E-state index contributed by atoms with van der Waals surface area (Å²) in [6, 6.07) is 17.7. The van der Waals surface area contributed by atoms with Crippen LogP contribution in [-0.2, 0) is 11.4 Å². The first-order valence-corrected chi connectivity index (χ1v) is 7.73. The third-order valence-corrected chi connectivity index (χ3v) is 4.06. The molecule has 0 amide bonds. The molecule has 1 aliphatic carbocycles. The Balaban J connectivity index is 1.49. The predicted molar refractivity (Wildman–Crippen MR) is 86.0 cm³/mol. The fourth-order valence-electron chi connectivity index (χ4n) is 2.78. The van der Waals surface area contributed by atoms with Crippen molar-refractivity contribution in [1.29, 1.82) is 0 Å². The average Bonchev–Trinajstić information content (AvgIpc) is 3.01. The SMILES string of the molecule is c1ccc(CO/N=C(/c2ccco2)[C@H]2C[C@@H]2c2ccco2)cc1. The molecule has 4 rings (SSSR count). The molecule has 2 aromatic heterocycles. The lowest BCUT2D eigenvalue weighted by molar-refractivity contribution is 0.129. The molecule has 0 spiro atoms. The maximum Gasteiger partial charge on any atom is 0.151 e. The first kappa shape index (κ1) is 13.9. The van der Waals surface area contributed by atoms with Gasteiger partial charge in [-0.15, -0.1) is 0 Å². The smallest absolute Gasteiger partial charge is 0.151 e. The third-order valence-electron chi connectivity index (χ3n) is 4.06. The highest BCUT2D eigenvalue weighted by molar-refractivity contribution is 6.02. The van der Waals surface area contributed by atoms with Gasteiger partial charge in [-0.3, -0.25) is 0 Å². The minimum atomic E-state index is 0.281. The molecule has 23 heavy (non-hydrogen) atoms. The second kappa shape index (κ2) is 6.16. The Hall–Kier alpha value is -2.75. The van der Waals surface area contributed by atoms with Crippen LogP contribution < -0.4 is 0 Å². The second-order valence-electron chi connectivity index (χ2n) is 5.68. The lowest BCUT2D eigenvalue weighted by Gasteiger charge is -2.04. The highest BCUT2D eigenvalue weighted by Gasteiger charge is 2.45. The Kier molecular flexibility index (Phi) is 3.72. The normalized spacial score (nSPS) is 20.4. The van der Waals surface area contributed by atoms with Crippen LogP contribution in [0.1, 0.15) is 29.4 Å². The van der Waals surface area contributed by atoms with Crippen molar-refractivity contribution >= 4 is 5.71 Å². The van der Waals surface area contributed by atoms with E-state index in [0.717, 1.165) is 29.2 Å². The maximum atomic E-state index is 5.57. The molecule has 4 nitrogen and oxygen atoms in total. The number of nitrogens with zero attached hydrogens (tertiary/aromatic N) is 1. The highest BCUT2D eigenvalue weighted by Crippen LogP contribution is 2.49. The van der Waals surface area contributed by atoms with Gasteiger partial charge in [-0.25, -0.2) is 0 Å². The lowest BCUT2D eigenvalue weighted by atomic mass is 10.1. The lowest BCUT2D eigenvalue weighted by Crippen LogP contribution is -2.05. The van der Waals surface area contributed by atoms with Gasteiger partial charge in [-0.2, -0.15) is 0 Å². The van der Waals surface area contributed by atoms with Crippen LogP contribution in [0.15, 0.2) is 81.1 Å². The van der Waals surface area contributed by atoms with Gasteiger partial charge in [0.1, 0.15) is 18.1 Å². The summed E-state index contributed by atoms with van der Waals surface area (Å²) in [4.78, 5) is 5.57.